The SMILES string of the molecule is CC(C)CN(CCN(C)C)C1(CN)CCCN(C)CC1. The minimum absolute atomic E-state index is 0.213. The molecule has 0 aliphatic carbocycles. The molecule has 0 bridgehead atoms. The molecule has 1 heterocycles. The van der Waals surface area contributed by atoms with E-state index in [4.69, 9.17) is 5.73 Å². The first kappa shape index (κ1) is 17.9. The van der Waals surface area contributed by atoms with Crippen molar-refractivity contribution in [3.05, 3.63) is 0 Å². The molecule has 1 aliphatic rings. The molecular formula is C16H36N4. The van der Waals surface area contributed by atoms with Gasteiger partial charge in [0.25, 0.3) is 0 Å². The van der Waals surface area contributed by atoms with Gasteiger partial charge in [-0.3, -0.25) is 4.90 Å². The molecule has 1 atom stereocenters. The highest BCUT2D eigenvalue weighted by molar-refractivity contribution is 4.95. The predicted molar refractivity (Wildman–Crippen MR) is 88.1 cm³/mol. The molecule has 0 aromatic carbocycles. The lowest BCUT2D eigenvalue weighted by molar-refractivity contribution is 0.0601. The highest BCUT2D eigenvalue weighted by Gasteiger charge is 2.36. The average Bonchev–Trinajstić information content (AvgIpc) is 2.57. The van der Waals surface area contributed by atoms with Crippen LogP contribution in [0.3, 0.4) is 0 Å². The zero-order valence-corrected chi connectivity index (χ0v) is 14.4. The van der Waals surface area contributed by atoms with Crippen molar-refractivity contribution in [2.24, 2.45) is 11.7 Å². The molecule has 1 rings (SSSR count). The van der Waals surface area contributed by atoms with Crippen LogP contribution in [0.5, 0.6) is 0 Å². The molecule has 20 heavy (non-hydrogen) atoms. The Morgan fingerprint density at radius 1 is 1.15 bits per heavy atom. The lowest BCUT2D eigenvalue weighted by atomic mass is 9.87. The van der Waals surface area contributed by atoms with E-state index in [9.17, 15) is 0 Å². The number of nitrogens with zero attached hydrogens (tertiary/aromatic N) is 3. The van der Waals surface area contributed by atoms with E-state index in [1.54, 1.807) is 0 Å². The quantitative estimate of drug-likeness (QED) is 0.765. The second kappa shape index (κ2) is 8.32. The van der Waals surface area contributed by atoms with E-state index >= 15 is 0 Å². The fraction of sp³-hybridized carbons (Fsp3) is 1.00. The van der Waals surface area contributed by atoms with Gasteiger partial charge < -0.3 is 15.5 Å². The van der Waals surface area contributed by atoms with Crippen LogP contribution in [0.1, 0.15) is 33.1 Å². The number of rotatable bonds is 7. The predicted octanol–water partition coefficient (Wildman–Crippen LogP) is 1.32. The van der Waals surface area contributed by atoms with Gasteiger partial charge in [-0.1, -0.05) is 13.8 Å². The highest BCUT2D eigenvalue weighted by Crippen LogP contribution is 2.28. The summed E-state index contributed by atoms with van der Waals surface area (Å²) in [6.07, 6.45) is 3.72. The molecule has 4 heteroatoms. The third kappa shape index (κ3) is 5.32. The number of likely N-dealkylation sites (tertiary alicyclic amines) is 1. The van der Waals surface area contributed by atoms with Gasteiger partial charge >= 0.3 is 0 Å². The summed E-state index contributed by atoms with van der Waals surface area (Å²) in [7, 11) is 6.55. The molecule has 1 aliphatic heterocycles. The van der Waals surface area contributed by atoms with Crippen LogP contribution >= 0.6 is 0 Å². The molecule has 0 saturated carbocycles. The van der Waals surface area contributed by atoms with Crippen molar-refractivity contribution in [3.63, 3.8) is 0 Å². The number of nitrogens with two attached hydrogens (primary N) is 1. The zero-order chi connectivity index (χ0) is 15.2. The second-order valence-corrected chi connectivity index (χ2v) is 7.23. The molecule has 4 nitrogen and oxygen atoms in total. The Morgan fingerprint density at radius 3 is 2.40 bits per heavy atom. The van der Waals surface area contributed by atoms with Crippen LogP contribution in [0, 0.1) is 5.92 Å². The Bertz CT molecular complexity index is 267. The van der Waals surface area contributed by atoms with E-state index in [0.717, 1.165) is 26.2 Å². The highest BCUT2D eigenvalue weighted by atomic mass is 15.2. The molecule has 1 unspecified atom stereocenters. The summed E-state index contributed by atoms with van der Waals surface area (Å²) in [4.78, 5) is 7.42. The molecule has 0 aromatic heterocycles. The normalized spacial score (nSPS) is 25.6. The lowest BCUT2D eigenvalue weighted by Gasteiger charge is -2.44. The first-order valence-corrected chi connectivity index (χ1v) is 8.18. The Hall–Kier alpha value is -0.160. The van der Waals surface area contributed by atoms with E-state index < -0.39 is 0 Å². The van der Waals surface area contributed by atoms with E-state index in [0.29, 0.717) is 5.92 Å². The van der Waals surface area contributed by atoms with E-state index in [-0.39, 0.29) is 5.54 Å². The number of likely N-dealkylation sites (N-methyl/N-ethyl adjacent to an activating group) is 1. The van der Waals surface area contributed by atoms with Gasteiger partial charge in [-0.05, 0) is 59.4 Å². The standard InChI is InChI=1S/C16H36N4/c1-15(2)13-20(12-11-18(3)4)16(14-17)7-6-9-19(5)10-8-16/h15H,6-14,17H2,1-5H3. The van der Waals surface area contributed by atoms with E-state index in [2.05, 4.69) is 49.7 Å². The Morgan fingerprint density at radius 2 is 1.85 bits per heavy atom. The molecule has 1 saturated heterocycles. The zero-order valence-electron chi connectivity index (χ0n) is 14.4. The summed E-state index contributed by atoms with van der Waals surface area (Å²) in [6.45, 7) is 11.2. The van der Waals surface area contributed by atoms with Crippen LogP contribution < -0.4 is 5.73 Å². The maximum atomic E-state index is 6.26. The van der Waals surface area contributed by atoms with Gasteiger partial charge in [0.15, 0.2) is 0 Å². The van der Waals surface area contributed by atoms with Gasteiger partial charge in [0.1, 0.15) is 0 Å². The van der Waals surface area contributed by atoms with Crippen molar-refractivity contribution < 1.29 is 0 Å². The summed E-state index contributed by atoms with van der Waals surface area (Å²) in [6, 6.07) is 0. The summed E-state index contributed by atoms with van der Waals surface area (Å²) >= 11 is 0. The van der Waals surface area contributed by atoms with Gasteiger partial charge in [0, 0.05) is 31.7 Å². The van der Waals surface area contributed by atoms with Gasteiger partial charge in [0.05, 0.1) is 0 Å². The molecule has 0 aromatic rings. The molecule has 1 fully saturated rings. The molecular weight excluding hydrogens is 248 g/mol. The monoisotopic (exact) mass is 284 g/mol. The fourth-order valence-electron chi connectivity index (χ4n) is 3.25. The summed E-state index contributed by atoms with van der Waals surface area (Å²) in [5, 5.41) is 0. The van der Waals surface area contributed by atoms with Crippen LogP contribution in [-0.2, 0) is 0 Å². The van der Waals surface area contributed by atoms with Crippen molar-refractivity contribution in [3.8, 4) is 0 Å². The van der Waals surface area contributed by atoms with Gasteiger partial charge in [-0.25, -0.2) is 0 Å². The maximum absolute atomic E-state index is 6.26. The molecule has 2 N–H and O–H groups in total. The van der Waals surface area contributed by atoms with Crippen LogP contribution in [0.25, 0.3) is 0 Å². The van der Waals surface area contributed by atoms with E-state index in [1.165, 1.54) is 32.4 Å². The third-order valence-corrected chi connectivity index (χ3v) is 4.59. The van der Waals surface area contributed by atoms with E-state index in [1.807, 2.05) is 0 Å². The summed E-state index contributed by atoms with van der Waals surface area (Å²) in [5.41, 5.74) is 6.48. The first-order valence-electron chi connectivity index (χ1n) is 8.18. The van der Waals surface area contributed by atoms with Crippen molar-refractivity contribution >= 4 is 0 Å². The molecule has 0 amide bonds. The largest absolute Gasteiger partial charge is 0.329 e. The van der Waals surface area contributed by atoms with Crippen LogP contribution in [0.15, 0.2) is 0 Å². The number of hydrogen-bond acceptors (Lipinski definition) is 4. The first-order chi connectivity index (χ1) is 9.39. The van der Waals surface area contributed by atoms with Crippen molar-refractivity contribution in [1.82, 2.24) is 14.7 Å². The van der Waals surface area contributed by atoms with Crippen molar-refractivity contribution in [2.75, 3.05) is 60.4 Å². The third-order valence-electron chi connectivity index (χ3n) is 4.59. The average molecular weight is 284 g/mol. The molecule has 0 radical (unpaired) electrons. The van der Waals surface area contributed by atoms with Crippen LogP contribution in [-0.4, -0.2) is 80.7 Å². The smallest absolute Gasteiger partial charge is 0.0345 e. The maximum Gasteiger partial charge on any atom is 0.0345 e. The van der Waals surface area contributed by atoms with Gasteiger partial charge in [-0.2, -0.15) is 0 Å². The Labute approximate surface area is 126 Å². The van der Waals surface area contributed by atoms with Crippen LogP contribution in [0.2, 0.25) is 0 Å². The van der Waals surface area contributed by atoms with Crippen molar-refractivity contribution in [2.45, 2.75) is 38.6 Å². The lowest BCUT2D eigenvalue weighted by Crippen LogP contribution is -2.56. The number of hydrogen-bond donors (Lipinski definition) is 1. The topological polar surface area (TPSA) is 35.7 Å². The Kier molecular flexibility index (Phi) is 7.45. The van der Waals surface area contributed by atoms with Crippen LogP contribution in [0.4, 0.5) is 0 Å². The second-order valence-electron chi connectivity index (χ2n) is 7.23. The summed E-state index contributed by atoms with van der Waals surface area (Å²) in [5.74, 6) is 0.696. The summed E-state index contributed by atoms with van der Waals surface area (Å²) < 4.78 is 0. The minimum Gasteiger partial charge on any atom is -0.329 e. The van der Waals surface area contributed by atoms with Crippen molar-refractivity contribution in [1.29, 1.82) is 0 Å². The molecule has 120 valence electrons. The van der Waals surface area contributed by atoms with Gasteiger partial charge in [-0.15, -0.1) is 0 Å². The minimum atomic E-state index is 0.213. The van der Waals surface area contributed by atoms with Gasteiger partial charge in [0.2, 0.25) is 0 Å². The Balaban J connectivity index is 2.81. The fourth-order valence-corrected chi connectivity index (χ4v) is 3.25. The molecule has 0 spiro atoms.